The van der Waals surface area contributed by atoms with Crippen molar-refractivity contribution in [2.24, 2.45) is 0 Å². The maximum absolute atomic E-state index is 9.07. The number of nitriles is 1. The van der Waals surface area contributed by atoms with E-state index in [0.29, 0.717) is 6.54 Å². The van der Waals surface area contributed by atoms with Crippen LogP contribution in [-0.4, -0.2) is 35.2 Å². The second kappa shape index (κ2) is 3.70. The van der Waals surface area contributed by atoms with Crippen LogP contribution < -0.4 is 0 Å². The van der Waals surface area contributed by atoms with Crippen molar-refractivity contribution < 1.29 is 5.11 Å². The molecule has 1 rings (SSSR count). The van der Waals surface area contributed by atoms with Crippen LogP contribution in [0, 0.1) is 11.3 Å². The number of β-amino-alcohol motifs (C(OH)–C–C–N with tert-alkyl or cyclic N) is 1. The van der Waals surface area contributed by atoms with Crippen LogP contribution >= 0.6 is 0 Å². The minimum Gasteiger partial charge on any atom is -0.392 e. The number of aliphatic hydroxyl groups excluding tert-OH is 1. The summed E-state index contributed by atoms with van der Waals surface area (Å²) in [5, 5.41) is 17.8. The van der Waals surface area contributed by atoms with E-state index in [4.69, 9.17) is 10.4 Å². The fourth-order valence-electron chi connectivity index (χ4n) is 1.53. The van der Waals surface area contributed by atoms with Crippen molar-refractivity contribution in [2.75, 3.05) is 13.1 Å². The Labute approximate surface area is 67.2 Å². The molecule has 11 heavy (non-hydrogen) atoms. The van der Waals surface area contributed by atoms with E-state index in [2.05, 4.69) is 6.07 Å². The lowest BCUT2D eigenvalue weighted by Crippen LogP contribution is -2.34. The first-order valence-corrected chi connectivity index (χ1v) is 4.05. The van der Waals surface area contributed by atoms with Gasteiger partial charge in [-0.05, 0) is 26.3 Å². The minimum atomic E-state index is -0.316. The van der Waals surface area contributed by atoms with Crippen molar-refractivity contribution in [1.29, 1.82) is 5.26 Å². The van der Waals surface area contributed by atoms with Gasteiger partial charge in [-0.15, -0.1) is 0 Å². The third kappa shape index (κ3) is 2.18. The number of hydrogen-bond acceptors (Lipinski definition) is 3. The maximum Gasteiger partial charge on any atom is 0.0979 e. The van der Waals surface area contributed by atoms with E-state index in [1.807, 2.05) is 4.90 Å². The zero-order valence-electron chi connectivity index (χ0n) is 6.82. The number of likely N-dealkylation sites (tertiary alicyclic amines) is 1. The third-order valence-electron chi connectivity index (χ3n) is 2.01. The molecule has 0 saturated carbocycles. The van der Waals surface area contributed by atoms with E-state index in [9.17, 15) is 0 Å². The van der Waals surface area contributed by atoms with Crippen molar-refractivity contribution >= 4 is 0 Å². The molecule has 1 fully saturated rings. The predicted octanol–water partition coefficient (Wildman–Crippen LogP) is 0.355. The van der Waals surface area contributed by atoms with Gasteiger partial charge in [0, 0.05) is 6.54 Å². The number of rotatable bonds is 2. The van der Waals surface area contributed by atoms with Gasteiger partial charge >= 0.3 is 0 Å². The van der Waals surface area contributed by atoms with Gasteiger partial charge in [0.2, 0.25) is 0 Å². The number of aliphatic hydroxyl groups is 1. The number of nitrogens with zero attached hydrogens (tertiary/aromatic N) is 2. The van der Waals surface area contributed by atoms with Gasteiger partial charge in [-0.3, -0.25) is 4.90 Å². The van der Waals surface area contributed by atoms with Crippen LogP contribution in [0.5, 0.6) is 0 Å². The Balaban J connectivity index is 2.39. The largest absolute Gasteiger partial charge is 0.392 e. The van der Waals surface area contributed by atoms with Crippen molar-refractivity contribution in [2.45, 2.75) is 31.9 Å². The highest BCUT2D eigenvalue weighted by molar-refractivity contribution is 4.95. The normalized spacial score (nSPS) is 28.3. The van der Waals surface area contributed by atoms with Gasteiger partial charge in [0.15, 0.2) is 0 Å². The highest BCUT2D eigenvalue weighted by Crippen LogP contribution is 2.15. The zero-order chi connectivity index (χ0) is 8.27. The smallest absolute Gasteiger partial charge is 0.0979 e. The molecule has 0 bridgehead atoms. The Morgan fingerprint density at radius 2 is 2.55 bits per heavy atom. The van der Waals surface area contributed by atoms with Crippen LogP contribution in [0.15, 0.2) is 0 Å². The van der Waals surface area contributed by atoms with Crippen LogP contribution in [0.1, 0.15) is 19.8 Å². The van der Waals surface area contributed by atoms with Crippen LogP contribution in [0.3, 0.4) is 0 Å². The molecule has 1 saturated heterocycles. The van der Waals surface area contributed by atoms with Crippen LogP contribution in [0.2, 0.25) is 0 Å². The Kier molecular flexibility index (Phi) is 2.86. The monoisotopic (exact) mass is 154 g/mol. The van der Waals surface area contributed by atoms with Gasteiger partial charge in [0.1, 0.15) is 0 Å². The van der Waals surface area contributed by atoms with E-state index >= 15 is 0 Å². The molecule has 0 spiro atoms. The van der Waals surface area contributed by atoms with Crippen molar-refractivity contribution in [3.05, 3.63) is 0 Å². The molecule has 1 aliphatic heterocycles. The molecule has 1 heterocycles. The molecule has 2 atom stereocenters. The molecule has 3 nitrogen and oxygen atoms in total. The van der Waals surface area contributed by atoms with Crippen LogP contribution in [0.25, 0.3) is 0 Å². The highest BCUT2D eigenvalue weighted by atomic mass is 16.3. The van der Waals surface area contributed by atoms with E-state index in [-0.39, 0.29) is 12.1 Å². The lowest BCUT2D eigenvalue weighted by Gasteiger charge is -2.19. The molecule has 3 heteroatoms. The molecule has 0 aromatic rings. The fourth-order valence-corrected chi connectivity index (χ4v) is 1.53. The summed E-state index contributed by atoms with van der Waals surface area (Å²) in [5.74, 6) is 0. The molecule has 2 unspecified atom stereocenters. The third-order valence-corrected chi connectivity index (χ3v) is 2.01. The molecule has 0 aromatic heterocycles. The first-order chi connectivity index (χ1) is 5.24. The molecule has 0 aliphatic carbocycles. The number of hydrogen-bond donors (Lipinski definition) is 1. The highest BCUT2D eigenvalue weighted by Gasteiger charge is 2.24. The topological polar surface area (TPSA) is 47.3 Å². The second-order valence-electron chi connectivity index (χ2n) is 3.13. The average Bonchev–Trinajstić information content (AvgIpc) is 2.34. The van der Waals surface area contributed by atoms with E-state index in [1.165, 1.54) is 0 Å². The fraction of sp³-hybridized carbons (Fsp3) is 0.875. The Morgan fingerprint density at radius 1 is 1.82 bits per heavy atom. The molecule has 62 valence electrons. The maximum atomic E-state index is 9.07. The summed E-state index contributed by atoms with van der Waals surface area (Å²) in [6.45, 7) is 3.36. The van der Waals surface area contributed by atoms with Crippen molar-refractivity contribution in [3.63, 3.8) is 0 Å². The minimum absolute atomic E-state index is 0.0459. The molecule has 0 amide bonds. The van der Waals surface area contributed by atoms with Gasteiger partial charge in [0.05, 0.1) is 18.2 Å². The summed E-state index contributed by atoms with van der Waals surface area (Å²) >= 11 is 0. The lowest BCUT2D eigenvalue weighted by molar-refractivity contribution is 0.130. The van der Waals surface area contributed by atoms with Gasteiger partial charge in [-0.2, -0.15) is 5.26 Å². The summed E-state index contributed by atoms with van der Waals surface area (Å²) in [6, 6.07) is 2.28. The summed E-state index contributed by atoms with van der Waals surface area (Å²) in [4.78, 5) is 2.05. The van der Waals surface area contributed by atoms with E-state index in [0.717, 1.165) is 19.4 Å². The van der Waals surface area contributed by atoms with Gasteiger partial charge < -0.3 is 5.11 Å². The zero-order valence-corrected chi connectivity index (χ0v) is 6.82. The SMILES string of the molecule is CC(O)CN1CCCC1C#N. The van der Waals surface area contributed by atoms with Gasteiger partial charge in [0.25, 0.3) is 0 Å². The molecular weight excluding hydrogens is 140 g/mol. The van der Waals surface area contributed by atoms with Gasteiger partial charge in [-0.1, -0.05) is 0 Å². The molecule has 0 radical (unpaired) electrons. The first kappa shape index (κ1) is 8.51. The lowest BCUT2D eigenvalue weighted by atomic mass is 10.2. The summed E-state index contributed by atoms with van der Waals surface area (Å²) in [6.07, 6.45) is 1.73. The van der Waals surface area contributed by atoms with Gasteiger partial charge in [-0.25, -0.2) is 0 Å². The first-order valence-electron chi connectivity index (χ1n) is 4.05. The summed E-state index contributed by atoms with van der Waals surface area (Å²) in [5.41, 5.74) is 0. The van der Waals surface area contributed by atoms with Crippen LogP contribution in [-0.2, 0) is 0 Å². The summed E-state index contributed by atoms with van der Waals surface area (Å²) in [7, 11) is 0. The quantitative estimate of drug-likeness (QED) is 0.624. The predicted molar refractivity (Wildman–Crippen MR) is 41.9 cm³/mol. The molecule has 1 aliphatic rings. The average molecular weight is 154 g/mol. The van der Waals surface area contributed by atoms with E-state index < -0.39 is 0 Å². The molecule has 0 aromatic carbocycles. The Bertz CT molecular complexity index is 162. The molecular formula is C8H14N2O. The van der Waals surface area contributed by atoms with E-state index in [1.54, 1.807) is 6.92 Å². The second-order valence-corrected chi connectivity index (χ2v) is 3.13. The molecule has 1 N–H and O–H groups in total. The van der Waals surface area contributed by atoms with Crippen molar-refractivity contribution in [1.82, 2.24) is 4.90 Å². The van der Waals surface area contributed by atoms with Crippen molar-refractivity contribution in [3.8, 4) is 6.07 Å². The Morgan fingerprint density at radius 3 is 3.09 bits per heavy atom. The summed E-state index contributed by atoms with van der Waals surface area (Å²) < 4.78 is 0. The standard InChI is InChI=1S/C8H14N2O/c1-7(11)6-10-4-2-3-8(10)5-9/h7-8,11H,2-4,6H2,1H3. The van der Waals surface area contributed by atoms with Crippen LogP contribution in [0.4, 0.5) is 0 Å². The Hall–Kier alpha value is -0.590.